The van der Waals surface area contributed by atoms with Crippen molar-refractivity contribution in [1.82, 2.24) is 0 Å². The number of benzene rings is 2. The van der Waals surface area contributed by atoms with Crippen molar-refractivity contribution in [2.45, 2.75) is 17.7 Å². The second kappa shape index (κ2) is 6.50. The van der Waals surface area contributed by atoms with Crippen molar-refractivity contribution in [2.75, 3.05) is 18.2 Å². The molecule has 0 aliphatic heterocycles. The third-order valence-corrected chi connectivity index (χ3v) is 4.82. The summed E-state index contributed by atoms with van der Waals surface area (Å²) in [7, 11) is -1.95. The molecular formula is C17H18FNO3S. The van der Waals surface area contributed by atoms with Gasteiger partial charge in [-0.15, -0.1) is 0 Å². The van der Waals surface area contributed by atoms with Crippen molar-refractivity contribution < 1.29 is 17.6 Å². The van der Waals surface area contributed by atoms with Gasteiger partial charge in [-0.1, -0.05) is 24.3 Å². The molecule has 0 aliphatic carbocycles. The number of likely N-dealkylation sites (N-methyl/N-ethyl adjacent to an activating group) is 1. The molecule has 0 bridgehead atoms. The molecule has 4 nitrogen and oxygen atoms in total. The number of carbonyl (C=O) groups is 1. The molecule has 1 amide bonds. The zero-order chi connectivity index (χ0) is 17.2. The molecule has 0 heterocycles. The van der Waals surface area contributed by atoms with E-state index in [1.807, 2.05) is 0 Å². The molecular weight excluding hydrogens is 317 g/mol. The monoisotopic (exact) mass is 335 g/mol. The lowest BCUT2D eigenvalue weighted by Crippen LogP contribution is -2.31. The minimum atomic E-state index is -3.46. The molecule has 0 spiro atoms. The maximum absolute atomic E-state index is 13.3. The van der Waals surface area contributed by atoms with Crippen LogP contribution in [0.4, 0.5) is 10.1 Å². The first-order valence-electron chi connectivity index (χ1n) is 7.04. The van der Waals surface area contributed by atoms with Crippen LogP contribution >= 0.6 is 0 Å². The van der Waals surface area contributed by atoms with Crippen molar-refractivity contribution in [2.24, 2.45) is 0 Å². The van der Waals surface area contributed by atoms with Crippen LogP contribution in [0.3, 0.4) is 0 Å². The van der Waals surface area contributed by atoms with E-state index in [2.05, 4.69) is 0 Å². The summed E-state index contributed by atoms with van der Waals surface area (Å²) in [6.45, 7) is 1.66. The number of hydrogen-bond acceptors (Lipinski definition) is 3. The molecule has 0 aliphatic rings. The molecule has 0 radical (unpaired) electrons. The normalized spacial score (nSPS) is 12.7. The van der Waals surface area contributed by atoms with Gasteiger partial charge in [-0.3, -0.25) is 4.79 Å². The van der Waals surface area contributed by atoms with E-state index < -0.39 is 21.6 Å². The SMILES string of the molecule is CC(C(=O)N(C)c1ccccc1S(C)(=O)=O)c1cccc(F)c1. The maximum atomic E-state index is 13.3. The fourth-order valence-electron chi connectivity index (χ4n) is 2.38. The third-order valence-electron chi connectivity index (χ3n) is 3.68. The Hall–Kier alpha value is -2.21. The van der Waals surface area contributed by atoms with E-state index >= 15 is 0 Å². The number of sulfone groups is 1. The Labute approximate surface area is 135 Å². The Morgan fingerprint density at radius 2 is 1.78 bits per heavy atom. The van der Waals surface area contributed by atoms with Crippen LogP contribution in [0.5, 0.6) is 0 Å². The first kappa shape index (κ1) is 17.1. The van der Waals surface area contributed by atoms with E-state index in [4.69, 9.17) is 0 Å². The third kappa shape index (κ3) is 3.76. The van der Waals surface area contributed by atoms with Crippen LogP contribution in [0.15, 0.2) is 53.4 Å². The molecule has 1 atom stereocenters. The van der Waals surface area contributed by atoms with E-state index in [-0.39, 0.29) is 10.8 Å². The molecule has 2 aromatic rings. The van der Waals surface area contributed by atoms with Gasteiger partial charge in [-0.2, -0.15) is 0 Å². The molecule has 0 fully saturated rings. The summed E-state index contributed by atoms with van der Waals surface area (Å²) >= 11 is 0. The summed E-state index contributed by atoms with van der Waals surface area (Å²) in [6, 6.07) is 12.1. The summed E-state index contributed by atoms with van der Waals surface area (Å²) in [5.74, 6) is -1.32. The Balaban J connectivity index is 2.38. The van der Waals surface area contributed by atoms with E-state index in [1.54, 1.807) is 37.3 Å². The zero-order valence-corrected chi connectivity index (χ0v) is 14.0. The molecule has 2 rings (SSSR count). The molecule has 0 N–H and O–H groups in total. The topological polar surface area (TPSA) is 54.5 Å². The summed E-state index contributed by atoms with van der Waals surface area (Å²) in [5.41, 5.74) is 0.849. The number of halogens is 1. The highest BCUT2D eigenvalue weighted by molar-refractivity contribution is 7.90. The Bertz CT molecular complexity index is 833. The average Bonchev–Trinajstić information content (AvgIpc) is 2.52. The molecule has 1 unspecified atom stereocenters. The summed E-state index contributed by atoms with van der Waals surface area (Å²) in [5, 5.41) is 0. The number of para-hydroxylation sites is 1. The highest BCUT2D eigenvalue weighted by Gasteiger charge is 2.24. The van der Waals surface area contributed by atoms with E-state index in [1.165, 1.54) is 30.1 Å². The Kier molecular flexibility index (Phi) is 4.85. The quantitative estimate of drug-likeness (QED) is 0.863. The molecule has 0 saturated heterocycles. The first-order chi connectivity index (χ1) is 10.7. The van der Waals surface area contributed by atoms with Crippen LogP contribution in [0.1, 0.15) is 18.4 Å². The van der Waals surface area contributed by atoms with Crippen LogP contribution in [0.25, 0.3) is 0 Å². The fourth-order valence-corrected chi connectivity index (χ4v) is 3.29. The lowest BCUT2D eigenvalue weighted by molar-refractivity contribution is -0.119. The summed E-state index contributed by atoms with van der Waals surface area (Å²) in [6.07, 6.45) is 1.10. The summed E-state index contributed by atoms with van der Waals surface area (Å²) in [4.78, 5) is 14.0. The number of nitrogens with zero attached hydrogens (tertiary/aromatic N) is 1. The van der Waals surface area contributed by atoms with Crippen LogP contribution in [-0.4, -0.2) is 27.6 Å². The van der Waals surface area contributed by atoms with Crippen LogP contribution < -0.4 is 4.90 Å². The van der Waals surface area contributed by atoms with Gasteiger partial charge in [0.1, 0.15) is 5.82 Å². The molecule has 6 heteroatoms. The smallest absolute Gasteiger partial charge is 0.234 e. The largest absolute Gasteiger partial charge is 0.314 e. The van der Waals surface area contributed by atoms with Crippen molar-refractivity contribution in [3.05, 3.63) is 59.9 Å². The number of rotatable bonds is 4. The van der Waals surface area contributed by atoms with Crippen molar-refractivity contribution >= 4 is 21.4 Å². The fraction of sp³-hybridized carbons (Fsp3) is 0.235. The minimum Gasteiger partial charge on any atom is -0.314 e. The van der Waals surface area contributed by atoms with Gasteiger partial charge in [0.05, 0.1) is 16.5 Å². The molecule has 122 valence electrons. The number of anilines is 1. The second-order valence-corrected chi connectivity index (χ2v) is 7.40. The van der Waals surface area contributed by atoms with Crippen LogP contribution in [0, 0.1) is 5.82 Å². The zero-order valence-electron chi connectivity index (χ0n) is 13.2. The van der Waals surface area contributed by atoms with Crippen molar-refractivity contribution in [3.8, 4) is 0 Å². The lowest BCUT2D eigenvalue weighted by Gasteiger charge is -2.23. The van der Waals surface area contributed by atoms with Gasteiger partial charge in [0.2, 0.25) is 5.91 Å². The van der Waals surface area contributed by atoms with Gasteiger partial charge in [-0.25, -0.2) is 12.8 Å². The molecule has 0 aromatic heterocycles. The van der Waals surface area contributed by atoms with Gasteiger partial charge < -0.3 is 4.90 Å². The van der Waals surface area contributed by atoms with Gasteiger partial charge in [0.15, 0.2) is 9.84 Å². The molecule has 23 heavy (non-hydrogen) atoms. The predicted octanol–water partition coefficient (Wildman–Crippen LogP) is 3.00. The van der Waals surface area contributed by atoms with Crippen LogP contribution in [0.2, 0.25) is 0 Å². The number of amides is 1. The average molecular weight is 335 g/mol. The van der Waals surface area contributed by atoms with Gasteiger partial charge >= 0.3 is 0 Å². The second-order valence-electron chi connectivity index (χ2n) is 5.41. The lowest BCUT2D eigenvalue weighted by atomic mass is 9.99. The van der Waals surface area contributed by atoms with Crippen molar-refractivity contribution in [3.63, 3.8) is 0 Å². The van der Waals surface area contributed by atoms with Crippen LogP contribution in [-0.2, 0) is 14.6 Å². The minimum absolute atomic E-state index is 0.0855. The highest BCUT2D eigenvalue weighted by atomic mass is 32.2. The molecule has 0 saturated carbocycles. The predicted molar refractivity (Wildman–Crippen MR) is 87.8 cm³/mol. The van der Waals surface area contributed by atoms with Gasteiger partial charge in [-0.05, 0) is 36.8 Å². The number of carbonyl (C=O) groups excluding carboxylic acids is 1. The van der Waals surface area contributed by atoms with E-state index in [9.17, 15) is 17.6 Å². The number of hydrogen-bond donors (Lipinski definition) is 0. The first-order valence-corrected chi connectivity index (χ1v) is 8.93. The van der Waals surface area contributed by atoms with Gasteiger partial charge in [0, 0.05) is 13.3 Å². The van der Waals surface area contributed by atoms with E-state index in [0.717, 1.165) is 6.26 Å². The maximum Gasteiger partial charge on any atom is 0.234 e. The Morgan fingerprint density at radius 1 is 1.13 bits per heavy atom. The summed E-state index contributed by atoms with van der Waals surface area (Å²) < 4.78 is 37.1. The standard InChI is InChI=1S/C17H18FNO3S/c1-12(13-7-6-8-14(18)11-13)17(20)19(2)15-9-4-5-10-16(15)23(3,21)22/h4-12H,1-3H3. The van der Waals surface area contributed by atoms with Gasteiger partial charge in [0.25, 0.3) is 0 Å². The van der Waals surface area contributed by atoms with Crippen molar-refractivity contribution in [1.29, 1.82) is 0 Å². The highest BCUT2D eigenvalue weighted by Crippen LogP contribution is 2.27. The molecule has 2 aromatic carbocycles. The Morgan fingerprint density at radius 3 is 2.39 bits per heavy atom. The van der Waals surface area contributed by atoms with E-state index in [0.29, 0.717) is 11.3 Å².